The largest absolute Gasteiger partial charge is 0.323 e. The zero-order valence-corrected chi connectivity index (χ0v) is 10.9. The first-order chi connectivity index (χ1) is 8.16. The van der Waals surface area contributed by atoms with Gasteiger partial charge in [-0.25, -0.2) is 0 Å². The van der Waals surface area contributed by atoms with E-state index in [4.69, 9.17) is 0 Å². The van der Waals surface area contributed by atoms with Crippen LogP contribution in [0, 0.1) is 0 Å². The van der Waals surface area contributed by atoms with Crippen molar-refractivity contribution in [3.63, 3.8) is 0 Å². The third-order valence-corrected chi connectivity index (χ3v) is 4.72. The van der Waals surface area contributed by atoms with Crippen molar-refractivity contribution < 1.29 is 4.79 Å². The molecule has 17 heavy (non-hydrogen) atoms. The van der Waals surface area contributed by atoms with Crippen LogP contribution < -0.4 is 5.32 Å². The lowest BCUT2D eigenvalue weighted by Gasteiger charge is -2.40. The van der Waals surface area contributed by atoms with Crippen LogP contribution in [0.2, 0.25) is 0 Å². The van der Waals surface area contributed by atoms with Crippen LogP contribution in [0.3, 0.4) is 0 Å². The van der Waals surface area contributed by atoms with E-state index in [9.17, 15) is 4.79 Å². The molecular formula is C13H23N3O. The summed E-state index contributed by atoms with van der Waals surface area (Å²) in [5.41, 5.74) is 0. The fraction of sp³-hybridized carbons (Fsp3) is 0.923. The van der Waals surface area contributed by atoms with Crippen molar-refractivity contribution >= 4 is 5.91 Å². The number of nitrogens with zero attached hydrogens (tertiary/aromatic N) is 2. The number of nitrogens with one attached hydrogen (secondary N) is 1. The van der Waals surface area contributed by atoms with Crippen LogP contribution in [0.5, 0.6) is 0 Å². The second kappa shape index (κ2) is 4.25. The van der Waals surface area contributed by atoms with E-state index in [-0.39, 0.29) is 12.2 Å². The van der Waals surface area contributed by atoms with E-state index < -0.39 is 0 Å². The number of piperidine rings is 1. The summed E-state index contributed by atoms with van der Waals surface area (Å²) >= 11 is 0. The lowest BCUT2D eigenvalue weighted by Crippen LogP contribution is -2.51. The van der Waals surface area contributed by atoms with Gasteiger partial charge >= 0.3 is 0 Å². The molecule has 0 aromatic heterocycles. The number of carbonyl (C=O) groups excluding carboxylic acids is 1. The maximum Gasteiger partial charge on any atom is 0.240 e. The molecule has 3 heterocycles. The van der Waals surface area contributed by atoms with Crippen molar-refractivity contribution in [2.24, 2.45) is 0 Å². The summed E-state index contributed by atoms with van der Waals surface area (Å²) in [6.45, 7) is 6.54. The van der Waals surface area contributed by atoms with E-state index >= 15 is 0 Å². The molecule has 96 valence electrons. The first kappa shape index (κ1) is 11.5. The molecule has 4 nitrogen and oxygen atoms in total. The molecule has 4 unspecified atom stereocenters. The molecule has 4 atom stereocenters. The lowest BCUT2D eigenvalue weighted by atomic mass is 9.96. The van der Waals surface area contributed by atoms with Gasteiger partial charge in [0, 0.05) is 18.6 Å². The van der Waals surface area contributed by atoms with E-state index in [1.54, 1.807) is 0 Å². The molecule has 0 aliphatic carbocycles. The predicted octanol–water partition coefficient (Wildman–Crippen LogP) is 0.780. The fourth-order valence-electron chi connectivity index (χ4n) is 3.88. The second-order valence-electron chi connectivity index (χ2n) is 5.82. The summed E-state index contributed by atoms with van der Waals surface area (Å²) in [5.74, 6) is 0.300. The topological polar surface area (TPSA) is 35.6 Å². The summed E-state index contributed by atoms with van der Waals surface area (Å²) in [6, 6.07) is 1.21. The highest BCUT2D eigenvalue weighted by Crippen LogP contribution is 2.31. The van der Waals surface area contributed by atoms with Crippen LogP contribution >= 0.6 is 0 Å². The molecule has 3 saturated heterocycles. The van der Waals surface area contributed by atoms with Gasteiger partial charge < -0.3 is 9.80 Å². The third kappa shape index (κ3) is 1.87. The Kier molecular flexibility index (Phi) is 2.87. The van der Waals surface area contributed by atoms with E-state index in [0.29, 0.717) is 11.9 Å². The quantitative estimate of drug-likeness (QED) is 0.732. The Morgan fingerprint density at radius 3 is 2.71 bits per heavy atom. The Bertz CT molecular complexity index is 320. The second-order valence-corrected chi connectivity index (χ2v) is 5.82. The van der Waals surface area contributed by atoms with Gasteiger partial charge in [0.15, 0.2) is 0 Å². The van der Waals surface area contributed by atoms with E-state index in [0.717, 1.165) is 12.5 Å². The van der Waals surface area contributed by atoms with E-state index in [1.807, 2.05) is 6.92 Å². The molecule has 1 amide bonds. The summed E-state index contributed by atoms with van der Waals surface area (Å²) in [5, 5.41) is 3.34. The van der Waals surface area contributed by atoms with Crippen molar-refractivity contribution in [3.05, 3.63) is 0 Å². The van der Waals surface area contributed by atoms with Crippen molar-refractivity contribution in [3.8, 4) is 0 Å². The van der Waals surface area contributed by atoms with Gasteiger partial charge in [-0.3, -0.25) is 10.1 Å². The van der Waals surface area contributed by atoms with Crippen molar-refractivity contribution in [1.82, 2.24) is 15.1 Å². The zero-order chi connectivity index (χ0) is 12.0. The summed E-state index contributed by atoms with van der Waals surface area (Å²) in [7, 11) is 0. The number of carbonyl (C=O) groups is 1. The van der Waals surface area contributed by atoms with Crippen LogP contribution in [0.15, 0.2) is 0 Å². The Labute approximate surface area is 103 Å². The van der Waals surface area contributed by atoms with Gasteiger partial charge in [0.1, 0.15) is 0 Å². The summed E-state index contributed by atoms with van der Waals surface area (Å²) in [6.07, 6.45) is 5.23. The molecule has 3 fully saturated rings. The summed E-state index contributed by atoms with van der Waals surface area (Å²) < 4.78 is 0. The normalized spacial score (nSPS) is 43.2. The molecule has 3 aliphatic heterocycles. The van der Waals surface area contributed by atoms with Gasteiger partial charge in [-0.2, -0.15) is 0 Å². The number of amides is 1. The maximum atomic E-state index is 12.2. The SMILES string of the molecule is CC1NC(C)N(C2CCN3CCCC3C2)C1=O. The highest BCUT2D eigenvalue weighted by atomic mass is 16.2. The fourth-order valence-corrected chi connectivity index (χ4v) is 3.88. The van der Waals surface area contributed by atoms with Crippen molar-refractivity contribution in [2.45, 2.75) is 63.8 Å². The van der Waals surface area contributed by atoms with Crippen LogP contribution in [-0.2, 0) is 4.79 Å². The van der Waals surface area contributed by atoms with Gasteiger partial charge in [-0.15, -0.1) is 0 Å². The van der Waals surface area contributed by atoms with Gasteiger partial charge in [0.2, 0.25) is 5.91 Å². The molecular weight excluding hydrogens is 214 g/mol. The minimum absolute atomic E-state index is 0.00612. The molecule has 3 aliphatic rings. The van der Waals surface area contributed by atoms with Crippen LogP contribution in [0.1, 0.15) is 39.5 Å². The van der Waals surface area contributed by atoms with Gasteiger partial charge in [0.25, 0.3) is 0 Å². The van der Waals surface area contributed by atoms with Crippen LogP contribution in [0.25, 0.3) is 0 Å². The van der Waals surface area contributed by atoms with E-state index in [2.05, 4.69) is 22.0 Å². The van der Waals surface area contributed by atoms with Gasteiger partial charge in [0.05, 0.1) is 12.2 Å². The standard InChI is InChI=1S/C13H23N3O/c1-9-13(17)16(10(2)14-9)12-5-7-15-6-3-4-11(15)8-12/h9-12,14H,3-8H2,1-2H3. The third-order valence-electron chi connectivity index (χ3n) is 4.72. The first-order valence-corrected chi connectivity index (χ1v) is 6.99. The molecule has 0 aromatic carbocycles. The number of fused-ring (bicyclic) bond motifs is 1. The predicted molar refractivity (Wildman–Crippen MR) is 66.5 cm³/mol. The zero-order valence-electron chi connectivity index (χ0n) is 10.9. The molecule has 0 saturated carbocycles. The number of hydrogen-bond donors (Lipinski definition) is 1. The number of rotatable bonds is 1. The average Bonchev–Trinajstić information content (AvgIpc) is 2.84. The Morgan fingerprint density at radius 2 is 2.00 bits per heavy atom. The Hall–Kier alpha value is -0.610. The molecule has 0 aromatic rings. The minimum atomic E-state index is 0.00612. The van der Waals surface area contributed by atoms with Gasteiger partial charge in [-0.1, -0.05) is 0 Å². The monoisotopic (exact) mass is 237 g/mol. The van der Waals surface area contributed by atoms with Gasteiger partial charge in [-0.05, 0) is 46.1 Å². The molecule has 0 spiro atoms. The minimum Gasteiger partial charge on any atom is -0.323 e. The molecule has 0 bridgehead atoms. The molecule has 0 radical (unpaired) electrons. The number of hydrogen-bond acceptors (Lipinski definition) is 3. The van der Waals surface area contributed by atoms with E-state index in [1.165, 1.54) is 32.4 Å². The highest BCUT2D eigenvalue weighted by molar-refractivity contribution is 5.84. The average molecular weight is 237 g/mol. The lowest BCUT2D eigenvalue weighted by molar-refractivity contribution is -0.133. The molecule has 1 N–H and O–H groups in total. The van der Waals surface area contributed by atoms with Crippen LogP contribution in [-0.4, -0.2) is 53.1 Å². The molecule has 3 rings (SSSR count). The van der Waals surface area contributed by atoms with Crippen molar-refractivity contribution in [1.29, 1.82) is 0 Å². The smallest absolute Gasteiger partial charge is 0.240 e. The van der Waals surface area contributed by atoms with Crippen LogP contribution in [0.4, 0.5) is 0 Å². The first-order valence-electron chi connectivity index (χ1n) is 6.99. The summed E-state index contributed by atoms with van der Waals surface area (Å²) in [4.78, 5) is 16.9. The Morgan fingerprint density at radius 1 is 1.18 bits per heavy atom. The Balaban J connectivity index is 1.70. The maximum absolute atomic E-state index is 12.2. The highest BCUT2D eigenvalue weighted by Gasteiger charge is 2.42. The van der Waals surface area contributed by atoms with Crippen molar-refractivity contribution in [2.75, 3.05) is 13.1 Å². The molecule has 4 heteroatoms.